The molecule has 148 valence electrons. The summed E-state index contributed by atoms with van der Waals surface area (Å²) >= 11 is 2.01. The third-order valence-electron chi connectivity index (χ3n) is 4.16. The van der Waals surface area contributed by atoms with Crippen molar-refractivity contribution in [3.8, 4) is 0 Å². The van der Waals surface area contributed by atoms with Gasteiger partial charge < -0.3 is 15.7 Å². The third kappa shape index (κ3) is 11.2. The van der Waals surface area contributed by atoms with Gasteiger partial charge in [-0.25, -0.2) is 0 Å². The maximum Gasteiger partial charge on any atom is 0.290 e. The number of benzene rings is 1. The lowest BCUT2D eigenvalue weighted by atomic mass is 10.0. The van der Waals surface area contributed by atoms with E-state index in [-0.39, 0.29) is 12.5 Å². The summed E-state index contributed by atoms with van der Waals surface area (Å²) in [4.78, 5) is 18.5. The number of hydrogen-bond acceptors (Lipinski definition) is 4. The second-order valence-corrected chi connectivity index (χ2v) is 7.64. The Hall–Kier alpha value is -1.53. The molecule has 0 aromatic heterocycles. The Morgan fingerprint density at radius 1 is 1.27 bits per heavy atom. The number of carbonyl (C=O) groups is 2. The van der Waals surface area contributed by atoms with E-state index in [2.05, 4.69) is 42.9 Å². The molecule has 0 aliphatic carbocycles. The average molecular weight is 383 g/mol. The van der Waals surface area contributed by atoms with Crippen molar-refractivity contribution in [2.24, 2.45) is 5.92 Å². The van der Waals surface area contributed by atoms with E-state index >= 15 is 0 Å². The van der Waals surface area contributed by atoms with E-state index < -0.39 is 0 Å². The van der Waals surface area contributed by atoms with E-state index in [1.807, 2.05) is 36.9 Å². The van der Waals surface area contributed by atoms with Crippen molar-refractivity contribution in [1.82, 2.24) is 10.6 Å². The number of hydrogen-bond donors (Lipinski definition) is 3. The van der Waals surface area contributed by atoms with Crippen LogP contribution in [-0.4, -0.2) is 48.1 Å². The number of carbonyl (C=O) groups excluding carboxylic acids is 1. The van der Waals surface area contributed by atoms with Crippen LogP contribution in [0.2, 0.25) is 0 Å². The zero-order valence-corrected chi connectivity index (χ0v) is 17.2. The smallest absolute Gasteiger partial charge is 0.290 e. The SMILES string of the molecule is CC(Cc1ccccc1)NC=O.CS[C@H](C(C)C)[C@@H]1CCCN1.O=CO. The van der Waals surface area contributed by atoms with Crippen LogP contribution in [0.1, 0.15) is 39.2 Å². The molecule has 1 aromatic carbocycles. The molecule has 1 heterocycles. The topological polar surface area (TPSA) is 78.4 Å². The van der Waals surface area contributed by atoms with Crippen LogP contribution in [0.15, 0.2) is 30.3 Å². The fraction of sp³-hybridized carbons (Fsp3) is 0.600. The van der Waals surface area contributed by atoms with Gasteiger partial charge in [0.1, 0.15) is 0 Å². The summed E-state index contributed by atoms with van der Waals surface area (Å²) in [7, 11) is 0. The molecule has 0 radical (unpaired) electrons. The zero-order chi connectivity index (χ0) is 19.8. The summed E-state index contributed by atoms with van der Waals surface area (Å²) in [6.45, 7) is 7.61. The van der Waals surface area contributed by atoms with Gasteiger partial charge in [0.25, 0.3) is 6.47 Å². The lowest BCUT2D eigenvalue weighted by molar-refractivity contribution is -0.122. The van der Waals surface area contributed by atoms with E-state index in [0.717, 1.165) is 30.0 Å². The molecule has 26 heavy (non-hydrogen) atoms. The molecule has 1 fully saturated rings. The van der Waals surface area contributed by atoms with Gasteiger partial charge in [-0.3, -0.25) is 9.59 Å². The monoisotopic (exact) mass is 382 g/mol. The van der Waals surface area contributed by atoms with Gasteiger partial charge >= 0.3 is 0 Å². The first kappa shape index (κ1) is 24.5. The minimum atomic E-state index is -0.250. The molecule has 1 amide bonds. The van der Waals surface area contributed by atoms with Crippen LogP contribution in [0.5, 0.6) is 0 Å². The van der Waals surface area contributed by atoms with Gasteiger partial charge in [0.2, 0.25) is 6.41 Å². The zero-order valence-electron chi connectivity index (χ0n) is 16.4. The van der Waals surface area contributed by atoms with Crippen molar-refractivity contribution >= 4 is 24.6 Å². The van der Waals surface area contributed by atoms with Crippen LogP contribution in [0.4, 0.5) is 0 Å². The molecule has 1 unspecified atom stereocenters. The number of carboxylic acid groups (broad SMARTS) is 1. The van der Waals surface area contributed by atoms with Crippen molar-refractivity contribution in [2.75, 3.05) is 12.8 Å². The Bertz CT molecular complexity index is 465. The summed E-state index contributed by atoms with van der Waals surface area (Å²) in [6, 6.07) is 11.1. The molecule has 0 bridgehead atoms. The van der Waals surface area contributed by atoms with Crippen LogP contribution in [0.3, 0.4) is 0 Å². The molecule has 3 atom stereocenters. The van der Waals surface area contributed by atoms with Gasteiger partial charge in [0, 0.05) is 17.3 Å². The minimum Gasteiger partial charge on any atom is -0.483 e. The van der Waals surface area contributed by atoms with E-state index in [1.54, 1.807) is 0 Å². The van der Waals surface area contributed by atoms with Crippen LogP contribution in [0.25, 0.3) is 0 Å². The molecule has 3 N–H and O–H groups in total. The maximum atomic E-state index is 10.1. The molecular formula is C20H34N2O3S. The lowest BCUT2D eigenvalue weighted by Crippen LogP contribution is -2.35. The van der Waals surface area contributed by atoms with Crippen molar-refractivity contribution in [3.63, 3.8) is 0 Å². The molecule has 2 rings (SSSR count). The number of nitrogens with one attached hydrogen (secondary N) is 2. The second kappa shape index (κ2) is 15.7. The van der Waals surface area contributed by atoms with Gasteiger partial charge in [-0.2, -0.15) is 11.8 Å². The Labute approximate surface area is 162 Å². The highest BCUT2D eigenvalue weighted by Gasteiger charge is 2.25. The molecule has 1 aromatic rings. The summed E-state index contributed by atoms with van der Waals surface area (Å²) in [5, 5.41) is 14.0. The first-order chi connectivity index (χ1) is 12.5. The maximum absolute atomic E-state index is 10.1. The van der Waals surface area contributed by atoms with Gasteiger partial charge in [-0.1, -0.05) is 44.2 Å². The Morgan fingerprint density at radius 3 is 2.31 bits per heavy atom. The second-order valence-electron chi connectivity index (χ2n) is 6.63. The standard InChI is InChI=1S/C10H13NO.C9H19NS.CH2O2/c1-9(11-8-12)7-10-5-3-2-4-6-10;1-7(2)9(11-3)8-5-4-6-10-8;2-1-3/h2-6,8-9H,7H2,1H3,(H,11,12);7-10H,4-6H2,1-3H3;1H,(H,2,3)/t;8-,9+;/m.0./s1. The summed E-state index contributed by atoms with van der Waals surface area (Å²) in [5.74, 6) is 0.806. The average Bonchev–Trinajstić information content (AvgIpc) is 3.12. The van der Waals surface area contributed by atoms with Crippen LogP contribution >= 0.6 is 11.8 Å². The van der Waals surface area contributed by atoms with E-state index in [4.69, 9.17) is 9.90 Å². The highest BCUT2D eigenvalue weighted by molar-refractivity contribution is 7.99. The largest absolute Gasteiger partial charge is 0.483 e. The predicted molar refractivity (Wildman–Crippen MR) is 111 cm³/mol. The van der Waals surface area contributed by atoms with Crippen molar-refractivity contribution in [1.29, 1.82) is 0 Å². The fourth-order valence-electron chi connectivity index (χ4n) is 3.04. The summed E-state index contributed by atoms with van der Waals surface area (Å²) < 4.78 is 0. The summed E-state index contributed by atoms with van der Waals surface area (Å²) in [6.07, 6.45) is 6.61. The molecular weight excluding hydrogens is 348 g/mol. The molecule has 0 saturated carbocycles. The van der Waals surface area contributed by atoms with E-state index in [9.17, 15) is 4.79 Å². The Balaban J connectivity index is 0.000000419. The third-order valence-corrected chi connectivity index (χ3v) is 5.58. The van der Waals surface area contributed by atoms with Crippen LogP contribution in [-0.2, 0) is 16.0 Å². The molecule has 1 aliphatic rings. The first-order valence-electron chi connectivity index (χ1n) is 9.07. The number of thioether (sulfide) groups is 1. The fourth-order valence-corrected chi connectivity index (χ4v) is 4.14. The molecule has 6 heteroatoms. The highest BCUT2D eigenvalue weighted by atomic mass is 32.2. The Morgan fingerprint density at radius 2 is 1.88 bits per heavy atom. The van der Waals surface area contributed by atoms with Crippen LogP contribution < -0.4 is 10.6 Å². The highest BCUT2D eigenvalue weighted by Crippen LogP contribution is 2.25. The van der Waals surface area contributed by atoms with E-state index in [1.165, 1.54) is 24.9 Å². The molecule has 1 aliphatic heterocycles. The summed E-state index contributed by atoms with van der Waals surface area (Å²) in [5.41, 5.74) is 1.25. The van der Waals surface area contributed by atoms with Crippen molar-refractivity contribution in [3.05, 3.63) is 35.9 Å². The predicted octanol–water partition coefficient (Wildman–Crippen LogP) is 3.19. The first-order valence-corrected chi connectivity index (χ1v) is 10.4. The van der Waals surface area contributed by atoms with Crippen molar-refractivity contribution < 1.29 is 14.7 Å². The normalized spacial score (nSPS) is 17.8. The lowest BCUT2D eigenvalue weighted by Gasteiger charge is -2.25. The van der Waals surface area contributed by atoms with Gasteiger partial charge in [-0.15, -0.1) is 0 Å². The molecule has 0 spiro atoms. The molecule has 1 saturated heterocycles. The van der Waals surface area contributed by atoms with Crippen molar-refractivity contribution in [2.45, 2.75) is 57.4 Å². The van der Waals surface area contributed by atoms with Crippen LogP contribution in [0, 0.1) is 5.92 Å². The van der Waals surface area contributed by atoms with E-state index in [0.29, 0.717) is 0 Å². The van der Waals surface area contributed by atoms with Gasteiger partial charge in [0.15, 0.2) is 0 Å². The van der Waals surface area contributed by atoms with Gasteiger partial charge in [-0.05, 0) is 50.5 Å². The number of amides is 1. The molecule has 5 nitrogen and oxygen atoms in total. The Kier molecular flexibility index (Phi) is 14.8. The number of rotatable bonds is 7. The minimum absolute atomic E-state index is 0.213. The van der Waals surface area contributed by atoms with Gasteiger partial charge in [0.05, 0.1) is 0 Å². The quantitative estimate of drug-likeness (QED) is 0.631.